The summed E-state index contributed by atoms with van der Waals surface area (Å²) in [7, 11) is 0. The maximum absolute atomic E-state index is 12.3. The molecule has 1 saturated heterocycles. The van der Waals surface area contributed by atoms with Crippen molar-refractivity contribution in [1.82, 2.24) is 5.32 Å². The molecule has 0 aromatic heterocycles. The molecule has 0 radical (unpaired) electrons. The molecule has 0 aliphatic carbocycles. The number of nitrogens with zero attached hydrogens (tertiary/aromatic N) is 1. The van der Waals surface area contributed by atoms with E-state index in [2.05, 4.69) is 29.4 Å². The third-order valence-corrected chi connectivity index (χ3v) is 4.70. The first-order valence-electron chi connectivity index (χ1n) is 8.16. The first-order chi connectivity index (χ1) is 10.6. The maximum atomic E-state index is 12.3. The topological polar surface area (TPSA) is 61.4 Å². The van der Waals surface area contributed by atoms with Gasteiger partial charge >= 0.3 is 0 Å². The molecule has 3 rings (SSSR count). The Morgan fingerprint density at radius 1 is 1.41 bits per heavy atom. The van der Waals surface area contributed by atoms with Crippen LogP contribution in [0.25, 0.3) is 0 Å². The second kappa shape index (κ2) is 5.99. The minimum absolute atomic E-state index is 0.0440. The molecule has 0 saturated carbocycles. The fourth-order valence-electron chi connectivity index (χ4n) is 3.33. The second-order valence-corrected chi connectivity index (χ2v) is 6.06. The highest BCUT2D eigenvalue weighted by Crippen LogP contribution is 2.37. The van der Waals surface area contributed by atoms with Gasteiger partial charge in [-0.15, -0.1) is 0 Å². The van der Waals surface area contributed by atoms with E-state index in [4.69, 9.17) is 0 Å². The normalized spacial score (nSPS) is 19.7. The highest BCUT2D eigenvalue weighted by Gasteiger charge is 2.36. The molecule has 1 atom stereocenters. The molecule has 118 valence electrons. The Hall–Kier alpha value is -2.04. The van der Waals surface area contributed by atoms with Crippen LogP contribution in [0.15, 0.2) is 18.2 Å². The molecule has 1 aromatic carbocycles. The molecule has 2 aliphatic heterocycles. The van der Waals surface area contributed by atoms with E-state index in [-0.39, 0.29) is 23.9 Å². The molecule has 5 nitrogen and oxygen atoms in total. The number of carbonyl (C=O) groups is 2. The van der Waals surface area contributed by atoms with Gasteiger partial charge in [0, 0.05) is 18.2 Å². The van der Waals surface area contributed by atoms with Crippen molar-refractivity contribution in [3.63, 3.8) is 0 Å². The number of amides is 2. The third-order valence-electron chi connectivity index (χ3n) is 4.70. The zero-order valence-electron chi connectivity index (χ0n) is 13.2. The van der Waals surface area contributed by atoms with E-state index in [1.54, 1.807) is 6.07 Å². The minimum atomic E-state index is -0.0747. The van der Waals surface area contributed by atoms with E-state index >= 15 is 0 Å². The largest absolute Gasteiger partial charge is 0.358 e. The van der Waals surface area contributed by atoms with E-state index in [0.717, 1.165) is 43.6 Å². The highest BCUT2D eigenvalue weighted by molar-refractivity contribution is 6.06. The molecule has 0 spiro atoms. The summed E-state index contributed by atoms with van der Waals surface area (Å²) in [6, 6.07) is 5.75. The number of rotatable bonds is 4. The lowest BCUT2D eigenvalue weighted by Gasteiger charge is -2.33. The lowest BCUT2D eigenvalue weighted by molar-refractivity contribution is -0.117. The predicted molar refractivity (Wildman–Crippen MR) is 87.3 cm³/mol. The van der Waals surface area contributed by atoms with Crippen LogP contribution in [0.5, 0.6) is 0 Å². The smallest absolute Gasteiger partial charge is 0.251 e. The second-order valence-electron chi connectivity index (χ2n) is 6.06. The molecule has 22 heavy (non-hydrogen) atoms. The molecule has 2 N–H and O–H groups in total. The summed E-state index contributed by atoms with van der Waals surface area (Å²) >= 11 is 0. The Kier molecular flexibility index (Phi) is 4.05. The summed E-state index contributed by atoms with van der Waals surface area (Å²) in [5.41, 5.74) is 2.38. The number of carbonyl (C=O) groups excluding carboxylic acids is 2. The van der Waals surface area contributed by atoms with Crippen molar-refractivity contribution < 1.29 is 9.59 Å². The number of fused-ring (bicyclic) bond motifs is 3. The zero-order chi connectivity index (χ0) is 15.7. The maximum Gasteiger partial charge on any atom is 0.251 e. The molecule has 2 aliphatic rings. The summed E-state index contributed by atoms with van der Waals surface area (Å²) in [4.78, 5) is 26.6. The van der Waals surface area contributed by atoms with E-state index in [0.29, 0.717) is 5.56 Å². The molecule has 1 fully saturated rings. The molecule has 0 bridgehead atoms. The van der Waals surface area contributed by atoms with Crippen LogP contribution in [0, 0.1) is 0 Å². The quantitative estimate of drug-likeness (QED) is 0.898. The Balaban J connectivity index is 1.84. The third kappa shape index (κ3) is 2.56. The number of benzene rings is 1. The highest BCUT2D eigenvalue weighted by atomic mass is 16.2. The number of anilines is 2. The average Bonchev–Trinajstić information content (AvgIpc) is 3.02. The van der Waals surface area contributed by atoms with Gasteiger partial charge in [0.15, 0.2) is 0 Å². The fraction of sp³-hybridized carbons (Fsp3) is 0.529. The van der Waals surface area contributed by atoms with Gasteiger partial charge < -0.3 is 15.5 Å². The lowest BCUT2D eigenvalue weighted by atomic mass is 10.1. The first-order valence-corrected chi connectivity index (χ1v) is 8.16. The molecule has 2 heterocycles. The van der Waals surface area contributed by atoms with Crippen LogP contribution in [-0.4, -0.2) is 30.4 Å². The molecular weight excluding hydrogens is 278 g/mol. The van der Waals surface area contributed by atoms with Crippen molar-refractivity contribution in [3.8, 4) is 0 Å². The summed E-state index contributed by atoms with van der Waals surface area (Å²) in [6.07, 6.45) is 3.77. The van der Waals surface area contributed by atoms with Gasteiger partial charge in [-0.25, -0.2) is 0 Å². The lowest BCUT2D eigenvalue weighted by Crippen LogP contribution is -2.44. The van der Waals surface area contributed by atoms with Crippen molar-refractivity contribution in [1.29, 1.82) is 0 Å². The zero-order valence-corrected chi connectivity index (χ0v) is 13.2. The van der Waals surface area contributed by atoms with E-state index < -0.39 is 0 Å². The molecule has 5 heteroatoms. The van der Waals surface area contributed by atoms with E-state index in [9.17, 15) is 9.59 Å². The van der Waals surface area contributed by atoms with Gasteiger partial charge in [0.1, 0.15) is 6.04 Å². The summed E-state index contributed by atoms with van der Waals surface area (Å²) in [5, 5.41) is 5.98. The van der Waals surface area contributed by atoms with Gasteiger partial charge in [0.25, 0.3) is 5.91 Å². The van der Waals surface area contributed by atoms with E-state index in [1.165, 1.54) is 0 Å². The number of nitrogens with one attached hydrogen (secondary N) is 2. The van der Waals surface area contributed by atoms with Gasteiger partial charge in [-0.3, -0.25) is 9.59 Å². The van der Waals surface area contributed by atoms with Crippen molar-refractivity contribution in [2.45, 2.75) is 51.6 Å². The molecular formula is C17H23N3O2. The standard InChI is InChI=1S/C17H23N3O2/c1-3-12(4-2)18-16(21)11-7-8-14-13(10-11)19-17(22)15-6-5-9-20(14)15/h7-8,10,12,15H,3-6,9H2,1-2H3,(H,18,21)(H,19,22)/t15-/m1/s1. The van der Waals surface area contributed by atoms with Crippen LogP contribution in [0.4, 0.5) is 11.4 Å². The Labute approximate surface area is 131 Å². The molecule has 1 aromatic rings. The van der Waals surface area contributed by atoms with E-state index in [1.807, 2.05) is 12.1 Å². The molecule has 2 amide bonds. The summed E-state index contributed by atoms with van der Waals surface area (Å²) < 4.78 is 0. The van der Waals surface area contributed by atoms with Crippen LogP contribution < -0.4 is 15.5 Å². The predicted octanol–water partition coefficient (Wildman–Crippen LogP) is 2.53. The Morgan fingerprint density at radius 2 is 2.18 bits per heavy atom. The van der Waals surface area contributed by atoms with Gasteiger partial charge in [0.05, 0.1) is 11.4 Å². The summed E-state index contributed by atoms with van der Waals surface area (Å²) in [6.45, 7) is 5.04. The van der Waals surface area contributed by atoms with Gasteiger partial charge in [0.2, 0.25) is 5.91 Å². The van der Waals surface area contributed by atoms with Crippen LogP contribution in [0.2, 0.25) is 0 Å². The van der Waals surface area contributed by atoms with Crippen molar-refractivity contribution in [3.05, 3.63) is 23.8 Å². The van der Waals surface area contributed by atoms with Crippen LogP contribution in [0.3, 0.4) is 0 Å². The summed E-state index contributed by atoms with van der Waals surface area (Å²) in [5.74, 6) is -0.0307. The Morgan fingerprint density at radius 3 is 2.91 bits per heavy atom. The van der Waals surface area contributed by atoms with Crippen molar-refractivity contribution in [2.75, 3.05) is 16.8 Å². The number of hydrogen-bond donors (Lipinski definition) is 2. The van der Waals surface area contributed by atoms with Gasteiger partial charge in [-0.1, -0.05) is 13.8 Å². The monoisotopic (exact) mass is 301 g/mol. The first kappa shape index (κ1) is 14.9. The molecule has 0 unspecified atom stereocenters. The Bertz CT molecular complexity index is 596. The number of hydrogen-bond acceptors (Lipinski definition) is 3. The minimum Gasteiger partial charge on any atom is -0.358 e. The SMILES string of the molecule is CCC(CC)NC(=O)c1ccc2c(c1)NC(=O)[C@H]1CCCN21. The van der Waals surface area contributed by atoms with Crippen LogP contribution >= 0.6 is 0 Å². The van der Waals surface area contributed by atoms with Crippen LogP contribution in [-0.2, 0) is 4.79 Å². The van der Waals surface area contributed by atoms with Crippen molar-refractivity contribution in [2.24, 2.45) is 0 Å². The fourth-order valence-corrected chi connectivity index (χ4v) is 3.33. The average molecular weight is 301 g/mol. The van der Waals surface area contributed by atoms with Crippen molar-refractivity contribution >= 4 is 23.2 Å². The van der Waals surface area contributed by atoms with Gasteiger partial charge in [-0.2, -0.15) is 0 Å². The van der Waals surface area contributed by atoms with Crippen LogP contribution in [0.1, 0.15) is 49.9 Å². The van der Waals surface area contributed by atoms with Gasteiger partial charge in [-0.05, 0) is 43.9 Å².